The van der Waals surface area contributed by atoms with Crippen LogP contribution in [-0.4, -0.2) is 29.5 Å². The van der Waals surface area contributed by atoms with Gasteiger partial charge < -0.3 is 9.64 Å². The molecule has 0 aromatic heterocycles. The van der Waals surface area contributed by atoms with Crippen molar-refractivity contribution in [1.29, 1.82) is 0 Å². The highest BCUT2D eigenvalue weighted by molar-refractivity contribution is 5.95. The molecular weight excluding hydrogens is 262 g/mol. The normalized spacial score (nSPS) is 15.4. The van der Waals surface area contributed by atoms with Crippen LogP contribution in [0.15, 0.2) is 24.3 Å². The van der Waals surface area contributed by atoms with Crippen molar-refractivity contribution in [3.63, 3.8) is 0 Å². The van der Waals surface area contributed by atoms with Crippen molar-refractivity contribution in [2.75, 3.05) is 6.61 Å². The molecule has 2 rings (SSSR count). The first-order valence-electron chi connectivity index (χ1n) is 8.19. The SMILES string of the molecule is CCCOc1cccc(C(=O)N(C(C)C)C2CCCC2)c1. The highest BCUT2D eigenvalue weighted by atomic mass is 16.5. The first-order valence-corrected chi connectivity index (χ1v) is 8.19. The van der Waals surface area contributed by atoms with Gasteiger partial charge in [0, 0.05) is 17.6 Å². The average Bonchev–Trinajstić information content (AvgIpc) is 2.99. The zero-order chi connectivity index (χ0) is 15.2. The standard InChI is InChI=1S/C18H27NO2/c1-4-12-21-17-11-7-8-15(13-17)18(20)19(14(2)3)16-9-5-6-10-16/h7-8,11,13-14,16H,4-6,9-10,12H2,1-3H3. The second kappa shape index (κ2) is 7.48. The van der Waals surface area contributed by atoms with Crippen LogP contribution in [0.4, 0.5) is 0 Å². The maximum absolute atomic E-state index is 12.9. The van der Waals surface area contributed by atoms with Crippen LogP contribution in [0.3, 0.4) is 0 Å². The second-order valence-electron chi connectivity index (χ2n) is 6.12. The fraction of sp³-hybridized carbons (Fsp3) is 0.611. The van der Waals surface area contributed by atoms with E-state index in [1.54, 1.807) is 0 Å². The van der Waals surface area contributed by atoms with E-state index in [0.29, 0.717) is 12.6 Å². The van der Waals surface area contributed by atoms with Gasteiger partial charge in [-0.2, -0.15) is 0 Å². The zero-order valence-corrected chi connectivity index (χ0v) is 13.5. The Morgan fingerprint density at radius 2 is 2.05 bits per heavy atom. The van der Waals surface area contributed by atoms with Crippen LogP contribution in [0.2, 0.25) is 0 Å². The molecule has 0 unspecified atom stereocenters. The fourth-order valence-corrected chi connectivity index (χ4v) is 3.09. The van der Waals surface area contributed by atoms with Gasteiger partial charge in [-0.15, -0.1) is 0 Å². The first kappa shape index (κ1) is 15.9. The highest BCUT2D eigenvalue weighted by Crippen LogP contribution is 2.27. The molecule has 0 bridgehead atoms. The minimum Gasteiger partial charge on any atom is -0.494 e. The van der Waals surface area contributed by atoms with Gasteiger partial charge in [-0.3, -0.25) is 4.79 Å². The van der Waals surface area contributed by atoms with Crippen LogP contribution in [0.1, 0.15) is 63.2 Å². The smallest absolute Gasteiger partial charge is 0.254 e. The van der Waals surface area contributed by atoms with E-state index in [2.05, 4.69) is 25.7 Å². The van der Waals surface area contributed by atoms with Crippen molar-refractivity contribution < 1.29 is 9.53 Å². The second-order valence-corrected chi connectivity index (χ2v) is 6.12. The van der Waals surface area contributed by atoms with E-state index in [1.165, 1.54) is 12.8 Å². The molecule has 21 heavy (non-hydrogen) atoms. The molecule has 0 atom stereocenters. The largest absolute Gasteiger partial charge is 0.494 e. The number of nitrogens with zero attached hydrogens (tertiary/aromatic N) is 1. The number of carbonyl (C=O) groups excluding carboxylic acids is 1. The summed E-state index contributed by atoms with van der Waals surface area (Å²) in [5.41, 5.74) is 0.740. The molecule has 0 saturated heterocycles. The molecule has 1 aliphatic carbocycles. The summed E-state index contributed by atoms with van der Waals surface area (Å²) in [5, 5.41) is 0. The average molecular weight is 289 g/mol. The lowest BCUT2D eigenvalue weighted by Gasteiger charge is -2.33. The lowest BCUT2D eigenvalue weighted by atomic mass is 10.1. The number of carbonyl (C=O) groups is 1. The van der Waals surface area contributed by atoms with Gasteiger partial charge in [0.2, 0.25) is 0 Å². The lowest BCUT2D eigenvalue weighted by Crippen LogP contribution is -2.43. The molecular formula is C18H27NO2. The van der Waals surface area contributed by atoms with Gasteiger partial charge in [-0.25, -0.2) is 0 Å². The summed E-state index contributed by atoms with van der Waals surface area (Å²) in [4.78, 5) is 14.9. The molecule has 1 fully saturated rings. The van der Waals surface area contributed by atoms with Crippen LogP contribution in [0.25, 0.3) is 0 Å². The Bertz CT molecular complexity index is 464. The molecule has 0 radical (unpaired) electrons. The van der Waals surface area contributed by atoms with Gasteiger partial charge in [0.05, 0.1) is 6.61 Å². The molecule has 3 heteroatoms. The summed E-state index contributed by atoms with van der Waals surface area (Å²) in [6, 6.07) is 8.24. The fourth-order valence-electron chi connectivity index (χ4n) is 3.09. The zero-order valence-electron chi connectivity index (χ0n) is 13.5. The molecule has 0 spiro atoms. The van der Waals surface area contributed by atoms with E-state index in [1.807, 2.05) is 24.3 Å². The molecule has 1 aromatic carbocycles. The van der Waals surface area contributed by atoms with Gasteiger partial charge >= 0.3 is 0 Å². The molecule has 1 aromatic rings. The number of hydrogen-bond acceptors (Lipinski definition) is 2. The molecule has 0 aliphatic heterocycles. The quantitative estimate of drug-likeness (QED) is 0.782. The Morgan fingerprint density at radius 1 is 1.33 bits per heavy atom. The predicted molar refractivity (Wildman–Crippen MR) is 85.8 cm³/mol. The van der Waals surface area contributed by atoms with Crippen LogP contribution in [0.5, 0.6) is 5.75 Å². The number of amides is 1. The summed E-state index contributed by atoms with van der Waals surface area (Å²) in [6.45, 7) is 6.98. The maximum atomic E-state index is 12.9. The van der Waals surface area contributed by atoms with Crippen molar-refractivity contribution in [3.05, 3.63) is 29.8 Å². The third-order valence-corrected chi connectivity index (χ3v) is 4.06. The third kappa shape index (κ3) is 3.99. The van der Waals surface area contributed by atoms with Crippen molar-refractivity contribution in [2.45, 2.75) is 65.0 Å². The van der Waals surface area contributed by atoms with E-state index in [-0.39, 0.29) is 11.9 Å². The van der Waals surface area contributed by atoms with Gasteiger partial charge in [0.15, 0.2) is 0 Å². The molecule has 116 valence electrons. The van der Waals surface area contributed by atoms with Gasteiger partial charge in [0.25, 0.3) is 5.91 Å². The van der Waals surface area contributed by atoms with E-state index >= 15 is 0 Å². The minimum atomic E-state index is 0.138. The first-order chi connectivity index (χ1) is 10.1. The van der Waals surface area contributed by atoms with E-state index in [4.69, 9.17) is 4.74 Å². The van der Waals surface area contributed by atoms with Crippen LogP contribution >= 0.6 is 0 Å². The monoisotopic (exact) mass is 289 g/mol. The van der Waals surface area contributed by atoms with Crippen molar-refractivity contribution in [3.8, 4) is 5.75 Å². The third-order valence-electron chi connectivity index (χ3n) is 4.06. The van der Waals surface area contributed by atoms with Crippen LogP contribution in [0, 0.1) is 0 Å². The minimum absolute atomic E-state index is 0.138. The van der Waals surface area contributed by atoms with Crippen LogP contribution < -0.4 is 4.74 Å². The summed E-state index contributed by atoms with van der Waals surface area (Å²) in [7, 11) is 0. The van der Waals surface area contributed by atoms with Crippen molar-refractivity contribution in [2.24, 2.45) is 0 Å². The topological polar surface area (TPSA) is 29.5 Å². The summed E-state index contributed by atoms with van der Waals surface area (Å²) in [6.07, 6.45) is 5.71. The Kier molecular flexibility index (Phi) is 5.66. The lowest BCUT2D eigenvalue weighted by molar-refractivity contribution is 0.0613. The Morgan fingerprint density at radius 3 is 2.67 bits per heavy atom. The highest BCUT2D eigenvalue weighted by Gasteiger charge is 2.29. The van der Waals surface area contributed by atoms with Crippen LogP contribution in [-0.2, 0) is 0 Å². The Balaban J connectivity index is 2.16. The number of hydrogen-bond donors (Lipinski definition) is 0. The Hall–Kier alpha value is -1.51. The summed E-state index contributed by atoms with van der Waals surface area (Å²) < 4.78 is 5.64. The summed E-state index contributed by atoms with van der Waals surface area (Å²) >= 11 is 0. The summed E-state index contributed by atoms with van der Waals surface area (Å²) in [5.74, 6) is 0.927. The van der Waals surface area contributed by atoms with Gasteiger partial charge in [-0.1, -0.05) is 25.8 Å². The molecule has 3 nitrogen and oxygen atoms in total. The maximum Gasteiger partial charge on any atom is 0.254 e. The molecule has 0 N–H and O–H groups in total. The molecule has 1 aliphatic rings. The van der Waals surface area contributed by atoms with E-state index in [0.717, 1.165) is 30.6 Å². The van der Waals surface area contributed by atoms with Crippen molar-refractivity contribution >= 4 is 5.91 Å². The Labute approximate surface area is 128 Å². The van der Waals surface area contributed by atoms with E-state index in [9.17, 15) is 4.79 Å². The van der Waals surface area contributed by atoms with Gasteiger partial charge in [-0.05, 0) is 51.3 Å². The molecule has 1 saturated carbocycles. The number of ether oxygens (including phenoxy) is 1. The number of benzene rings is 1. The predicted octanol–water partition coefficient (Wildman–Crippen LogP) is 4.27. The van der Waals surface area contributed by atoms with Crippen molar-refractivity contribution in [1.82, 2.24) is 4.90 Å². The van der Waals surface area contributed by atoms with Gasteiger partial charge in [0.1, 0.15) is 5.75 Å². The number of rotatable bonds is 6. The van der Waals surface area contributed by atoms with E-state index < -0.39 is 0 Å². The molecule has 0 heterocycles. The molecule has 1 amide bonds.